The lowest BCUT2D eigenvalue weighted by molar-refractivity contribution is -0.577. The van der Waals surface area contributed by atoms with Crippen LogP contribution in [0, 0.1) is 16.7 Å². The molecule has 0 aliphatic heterocycles. The summed E-state index contributed by atoms with van der Waals surface area (Å²) in [7, 11) is 1.50. The topological polar surface area (TPSA) is 37.1 Å². The maximum Gasteiger partial charge on any atom is 0.210 e. The average molecular weight is 170 g/mol. The van der Waals surface area contributed by atoms with Gasteiger partial charge in [0, 0.05) is 17.2 Å². The molecule has 1 aliphatic carbocycles. The lowest BCUT2D eigenvalue weighted by atomic mass is 9.74. The summed E-state index contributed by atoms with van der Waals surface area (Å²) in [4.78, 5) is 22.4. The highest BCUT2D eigenvalue weighted by Crippen LogP contribution is 2.32. The van der Waals surface area contributed by atoms with Gasteiger partial charge in [-0.1, -0.05) is 13.8 Å². The molecule has 0 aromatic rings. The summed E-state index contributed by atoms with van der Waals surface area (Å²) in [5.41, 5.74) is 0. The fourth-order valence-electron chi connectivity index (χ4n) is 1.68. The first kappa shape index (κ1) is 9.36. The Morgan fingerprint density at radius 1 is 1.42 bits per heavy atom. The number of hydrogen-bond acceptors (Lipinski definition) is 2. The summed E-state index contributed by atoms with van der Waals surface area (Å²) in [5, 5.41) is 0. The highest BCUT2D eigenvalue weighted by atomic mass is 16.3. The predicted molar refractivity (Wildman–Crippen MR) is 45.9 cm³/mol. The van der Waals surface area contributed by atoms with Crippen LogP contribution in [0.4, 0.5) is 0 Å². The van der Waals surface area contributed by atoms with Crippen LogP contribution in [0.2, 0.25) is 0 Å². The maximum atomic E-state index is 11.5. The normalized spacial score (nSPS) is 28.3. The highest BCUT2D eigenvalue weighted by molar-refractivity contribution is 5.84. The van der Waals surface area contributed by atoms with Gasteiger partial charge >= 0.3 is 0 Å². The third-order valence-electron chi connectivity index (χ3n) is 2.64. The van der Waals surface area contributed by atoms with E-state index in [1.165, 1.54) is 7.05 Å². The molecule has 1 fully saturated rings. The molecule has 0 N–H and O–H groups in total. The molecule has 0 spiro atoms. The van der Waals surface area contributed by atoms with Crippen LogP contribution < -0.4 is 0 Å². The number of rotatable bonds is 3. The second kappa shape index (κ2) is 3.33. The fraction of sp³-hybridized carbons (Fsp3) is 0.889. The smallest absolute Gasteiger partial charge is 0.210 e. The van der Waals surface area contributed by atoms with Crippen LogP contribution >= 0.6 is 0 Å². The Hall–Kier alpha value is -0.730. The van der Waals surface area contributed by atoms with Gasteiger partial charge in [-0.2, -0.15) is 0 Å². The summed E-state index contributed by atoms with van der Waals surface area (Å²) >= 11 is 0. The van der Waals surface area contributed by atoms with Gasteiger partial charge in [-0.25, -0.2) is 0 Å². The summed E-state index contributed by atoms with van der Waals surface area (Å²) in [6.07, 6.45) is 1.78. The second-order valence-electron chi connectivity index (χ2n) is 3.85. The molecule has 1 saturated carbocycles. The second-order valence-corrected chi connectivity index (χ2v) is 3.85. The molecule has 1 aliphatic rings. The monoisotopic (exact) mass is 170 g/mol. The van der Waals surface area contributed by atoms with Crippen molar-refractivity contribution in [1.29, 1.82) is 0 Å². The Morgan fingerprint density at radius 3 is 2.25 bits per heavy atom. The van der Waals surface area contributed by atoms with E-state index in [1.54, 1.807) is 0 Å². The molecular weight excluding hydrogens is 154 g/mol. The van der Waals surface area contributed by atoms with Gasteiger partial charge in [0.15, 0.2) is 7.05 Å². The van der Waals surface area contributed by atoms with Crippen molar-refractivity contribution in [3.05, 3.63) is 4.91 Å². The minimum Gasteiger partial charge on any atom is -0.299 e. The first-order valence-corrected chi connectivity index (χ1v) is 4.47. The number of carbonyl (C=O) groups is 1. The van der Waals surface area contributed by atoms with Gasteiger partial charge in [0.1, 0.15) is 5.78 Å². The molecule has 0 radical (unpaired) electrons. The molecule has 0 saturated heterocycles. The molecule has 1 rings (SSSR count). The van der Waals surface area contributed by atoms with Gasteiger partial charge in [-0.3, -0.25) is 4.79 Å². The van der Waals surface area contributed by atoms with Gasteiger partial charge < -0.3 is 0 Å². The highest BCUT2D eigenvalue weighted by Gasteiger charge is 2.45. The molecule has 3 nitrogen and oxygen atoms in total. The Bertz CT molecular complexity index is 211. The molecule has 68 valence electrons. The van der Waals surface area contributed by atoms with Crippen molar-refractivity contribution in [2.24, 2.45) is 11.8 Å². The molecule has 0 aromatic carbocycles. The van der Waals surface area contributed by atoms with Gasteiger partial charge in [-0.15, -0.1) is 0 Å². The molecule has 0 heterocycles. The lowest BCUT2D eigenvalue weighted by Crippen LogP contribution is -2.44. The van der Waals surface area contributed by atoms with E-state index < -0.39 is 0 Å². The number of nitrogens with zero attached hydrogens (tertiary/aromatic N) is 1. The Balaban J connectivity index is 2.55. The van der Waals surface area contributed by atoms with E-state index in [2.05, 4.69) is 0 Å². The summed E-state index contributed by atoms with van der Waals surface area (Å²) in [5.74, 6) is 0.319. The SMILES string of the molecule is CC(C)C(=O)[C@@H]1CC[C@@H]1[N+](C)=O. The van der Waals surface area contributed by atoms with Crippen molar-refractivity contribution in [3.63, 3.8) is 0 Å². The molecule has 2 atom stereocenters. The Kier molecular flexibility index (Phi) is 2.60. The van der Waals surface area contributed by atoms with Crippen molar-refractivity contribution in [2.45, 2.75) is 32.7 Å². The van der Waals surface area contributed by atoms with E-state index in [9.17, 15) is 9.70 Å². The van der Waals surface area contributed by atoms with Crippen LogP contribution in [0.1, 0.15) is 26.7 Å². The Labute approximate surface area is 72.7 Å². The van der Waals surface area contributed by atoms with Gasteiger partial charge in [0.05, 0.1) is 5.92 Å². The number of hydrogen-bond donors (Lipinski definition) is 0. The lowest BCUT2D eigenvalue weighted by Gasteiger charge is -2.28. The third-order valence-corrected chi connectivity index (χ3v) is 2.64. The zero-order chi connectivity index (χ0) is 9.30. The van der Waals surface area contributed by atoms with Crippen molar-refractivity contribution in [2.75, 3.05) is 7.05 Å². The van der Waals surface area contributed by atoms with Crippen LogP contribution in [0.15, 0.2) is 0 Å². The van der Waals surface area contributed by atoms with Crippen LogP contribution in [0.5, 0.6) is 0 Å². The minimum atomic E-state index is -0.0418. The van der Waals surface area contributed by atoms with Gasteiger partial charge in [0.25, 0.3) is 0 Å². The molecule has 3 heteroatoms. The van der Waals surface area contributed by atoms with Crippen LogP contribution in [0.25, 0.3) is 0 Å². The molecular formula is C9H16NO2+. The van der Waals surface area contributed by atoms with Crippen molar-refractivity contribution in [3.8, 4) is 0 Å². The molecule has 0 unspecified atom stereocenters. The van der Waals surface area contributed by atoms with Crippen LogP contribution in [-0.2, 0) is 4.79 Å². The molecule has 0 aromatic heterocycles. The van der Waals surface area contributed by atoms with E-state index in [0.717, 1.165) is 17.6 Å². The first-order valence-electron chi connectivity index (χ1n) is 4.47. The summed E-state index contributed by atoms with van der Waals surface area (Å²) in [6, 6.07) is -0.0418. The predicted octanol–water partition coefficient (Wildman–Crippen LogP) is 1.40. The maximum absolute atomic E-state index is 11.5. The van der Waals surface area contributed by atoms with Crippen LogP contribution in [0.3, 0.4) is 0 Å². The van der Waals surface area contributed by atoms with Crippen molar-refractivity contribution >= 4 is 5.78 Å². The number of nitroso groups, excluding NO2 is 1. The zero-order valence-corrected chi connectivity index (χ0v) is 7.91. The quantitative estimate of drug-likeness (QED) is 0.600. The zero-order valence-electron chi connectivity index (χ0n) is 7.91. The first-order chi connectivity index (χ1) is 5.54. The summed E-state index contributed by atoms with van der Waals surface area (Å²) < 4.78 is 0.925. The third kappa shape index (κ3) is 1.54. The minimum absolute atomic E-state index is 0.00694. The van der Waals surface area contributed by atoms with Crippen LogP contribution in [-0.4, -0.2) is 23.6 Å². The van der Waals surface area contributed by atoms with E-state index in [0.29, 0.717) is 0 Å². The number of Topliss-reactive ketones (excluding diaryl/α,β-unsaturated/α-hetero) is 1. The largest absolute Gasteiger partial charge is 0.299 e. The molecule has 12 heavy (non-hydrogen) atoms. The standard InChI is InChI=1S/C9H16NO2/c1-6(2)9(11)7-4-5-8(7)10(3)12/h6-8H,4-5H2,1-3H3/q+1/t7-,8+/m1/s1. The van der Waals surface area contributed by atoms with E-state index >= 15 is 0 Å². The van der Waals surface area contributed by atoms with Crippen molar-refractivity contribution in [1.82, 2.24) is 0 Å². The van der Waals surface area contributed by atoms with E-state index in [1.807, 2.05) is 13.8 Å². The molecule has 0 amide bonds. The summed E-state index contributed by atoms with van der Waals surface area (Å²) in [6.45, 7) is 3.78. The van der Waals surface area contributed by atoms with E-state index in [-0.39, 0.29) is 23.7 Å². The number of carbonyl (C=O) groups excluding carboxylic acids is 1. The van der Waals surface area contributed by atoms with E-state index in [4.69, 9.17) is 0 Å². The van der Waals surface area contributed by atoms with Crippen molar-refractivity contribution < 1.29 is 9.55 Å². The number of ketones is 1. The average Bonchev–Trinajstić information content (AvgIpc) is 1.82. The molecule has 0 bridgehead atoms. The Morgan fingerprint density at radius 2 is 2.00 bits per heavy atom. The van der Waals surface area contributed by atoms with Gasteiger partial charge in [0.2, 0.25) is 6.04 Å². The van der Waals surface area contributed by atoms with Gasteiger partial charge in [-0.05, 0) is 11.2 Å². The fourth-order valence-corrected chi connectivity index (χ4v) is 1.68.